The van der Waals surface area contributed by atoms with Gasteiger partial charge >= 0.3 is 0 Å². The molecule has 0 saturated heterocycles. The molecule has 1 N–H and O–H groups in total. The van der Waals surface area contributed by atoms with Crippen LogP contribution in [0.15, 0.2) is 90.1 Å². The summed E-state index contributed by atoms with van der Waals surface area (Å²) in [7, 11) is 0. The van der Waals surface area contributed by atoms with Crippen LogP contribution in [0.5, 0.6) is 0 Å². The van der Waals surface area contributed by atoms with Crippen molar-refractivity contribution >= 4 is 34.8 Å². The summed E-state index contributed by atoms with van der Waals surface area (Å²) in [4.78, 5) is 4.34. The van der Waals surface area contributed by atoms with E-state index < -0.39 is 0 Å². The molecule has 208 valence electrons. The van der Waals surface area contributed by atoms with Gasteiger partial charge < -0.3 is 5.32 Å². The molecule has 2 nitrogen and oxygen atoms in total. The summed E-state index contributed by atoms with van der Waals surface area (Å²) in [6.07, 6.45) is 10.4. The van der Waals surface area contributed by atoms with Crippen LogP contribution in [0.25, 0.3) is 5.57 Å². The third-order valence-electron chi connectivity index (χ3n) is 6.02. The lowest BCUT2D eigenvalue weighted by molar-refractivity contribution is 0.987. The second-order valence-electron chi connectivity index (χ2n) is 9.48. The van der Waals surface area contributed by atoms with Crippen LogP contribution in [-0.4, -0.2) is 6.21 Å². The number of nitrogens with zero attached hydrogens (tertiary/aromatic N) is 1. The van der Waals surface area contributed by atoms with Gasteiger partial charge in [-0.25, -0.2) is 0 Å². The van der Waals surface area contributed by atoms with Crippen molar-refractivity contribution in [2.75, 3.05) is 5.32 Å². The van der Waals surface area contributed by atoms with Crippen molar-refractivity contribution in [2.24, 2.45) is 4.99 Å². The van der Waals surface area contributed by atoms with E-state index in [0.717, 1.165) is 41.0 Å². The molecule has 39 heavy (non-hydrogen) atoms. The number of allylic oxidation sites excluding steroid dienone is 5. The maximum Gasteiger partial charge on any atom is 0.0841 e. The van der Waals surface area contributed by atoms with Gasteiger partial charge in [0, 0.05) is 17.6 Å². The molecule has 0 radical (unpaired) electrons. The molecular weight excluding hydrogens is 496 g/mol. The van der Waals surface area contributed by atoms with Gasteiger partial charge in [-0.1, -0.05) is 92.2 Å². The van der Waals surface area contributed by atoms with E-state index in [9.17, 15) is 0 Å². The molecule has 3 heteroatoms. The Balaban J connectivity index is 0.000000454. The molecule has 0 aliphatic rings. The lowest BCUT2D eigenvalue weighted by Gasteiger charge is -2.08. The van der Waals surface area contributed by atoms with E-state index in [4.69, 9.17) is 11.6 Å². The number of anilines is 1. The lowest BCUT2D eigenvalue weighted by Crippen LogP contribution is -1.95. The molecular formula is C36H47ClN2. The zero-order chi connectivity index (χ0) is 29.4. The molecule has 0 atom stereocenters. The van der Waals surface area contributed by atoms with Gasteiger partial charge in [0.05, 0.1) is 10.7 Å². The third kappa shape index (κ3) is 11.9. The Labute approximate surface area is 243 Å². The van der Waals surface area contributed by atoms with Gasteiger partial charge in [0.2, 0.25) is 0 Å². The molecule has 0 unspecified atom stereocenters. The highest BCUT2D eigenvalue weighted by Crippen LogP contribution is 2.32. The number of nitrogens with one attached hydrogen (secondary N) is 1. The highest BCUT2D eigenvalue weighted by molar-refractivity contribution is 6.33. The number of benzene rings is 3. The standard InChI is InChI=1S/C23H26ClN.C11H15N.C2H6/c1-5-25-23-19(4)15-21(16-22(23)24)18(3)11-7-6-8-13-20-14-10-9-12-17(20)2;1-8(2)12-11-6-5-9(3)7-10(11)4;1-2/h5-7,9-12,14-16H,8,13H2,1-4H3;5-7,12H,1H2,2-4H3;1-2H3/b7-6-,18-11+,25-5?;;. The largest absolute Gasteiger partial charge is 0.360 e. The van der Waals surface area contributed by atoms with Crippen LogP contribution in [0.2, 0.25) is 5.02 Å². The van der Waals surface area contributed by atoms with Crippen molar-refractivity contribution in [1.82, 2.24) is 0 Å². The fourth-order valence-corrected chi connectivity index (χ4v) is 4.29. The van der Waals surface area contributed by atoms with Gasteiger partial charge in [-0.05, 0) is 113 Å². The van der Waals surface area contributed by atoms with Gasteiger partial charge in [0.1, 0.15) is 0 Å². The number of halogens is 1. The van der Waals surface area contributed by atoms with E-state index in [1.54, 1.807) is 6.21 Å². The Kier molecular flexibility index (Phi) is 15.6. The quantitative estimate of drug-likeness (QED) is 0.222. The summed E-state index contributed by atoms with van der Waals surface area (Å²) in [6.45, 7) is 22.2. The SMILES string of the molecule is C=C(C)Nc1ccc(C)cc1C.CC.CC=Nc1c(C)cc(/C(C)=C/C=C\CCc2ccccc2C)cc1Cl. The fourth-order valence-electron chi connectivity index (χ4n) is 3.97. The molecule has 0 spiro atoms. The average molecular weight is 543 g/mol. The Hall–Kier alpha value is -3.36. The van der Waals surface area contributed by atoms with E-state index >= 15 is 0 Å². The minimum absolute atomic E-state index is 0.699. The molecule has 3 aromatic carbocycles. The molecule has 3 aromatic rings. The van der Waals surface area contributed by atoms with Crippen LogP contribution >= 0.6 is 11.6 Å². The molecule has 0 aromatic heterocycles. The Morgan fingerprint density at radius 3 is 2.21 bits per heavy atom. The molecule has 0 aliphatic heterocycles. The second-order valence-corrected chi connectivity index (χ2v) is 9.88. The molecule has 0 bridgehead atoms. The smallest absolute Gasteiger partial charge is 0.0841 e. The summed E-state index contributed by atoms with van der Waals surface area (Å²) in [6, 6.07) is 19.0. The Morgan fingerprint density at radius 1 is 0.923 bits per heavy atom. The maximum absolute atomic E-state index is 6.36. The first-order valence-corrected chi connectivity index (χ1v) is 14.2. The van der Waals surface area contributed by atoms with Crippen molar-refractivity contribution in [3.63, 3.8) is 0 Å². The molecule has 0 heterocycles. The topological polar surface area (TPSA) is 24.4 Å². The van der Waals surface area contributed by atoms with E-state index in [2.05, 4.69) is 111 Å². The van der Waals surface area contributed by atoms with Crippen LogP contribution in [0.4, 0.5) is 11.4 Å². The van der Waals surface area contributed by atoms with Gasteiger partial charge in [0.25, 0.3) is 0 Å². The van der Waals surface area contributed by atoms with Crippen LogP contribution in [0.1, 0.15) is 74.4 Å². The minimum Gasteiger partial charge on any atom is -0.360 e. The third-order valence-corrected chi connectivity index (χ3v) is 6.31. The van der Waals surface area contributed by atoms with E-state index in [0.29, 0.717) is 5.02 Å². The van der Waals surface area contributed by atoms with Gasteiger partial charge in [-0.3, -0.25) is 4.99 Å². The predicted molar refractivity (Wildman–Crippen MR) is 178 cm³/mol. The van der Waals surface area contributed by atoms with Crippen molar-refractivity contribution in [1.29, 1.82) is 0 Å². The summed E-state index contributed by atoms with van der Waals surface area (Å²) in [5, 5.41) is 3.90. The summed E-state index contributed by atoms with van der Waals surface area (Å²) < 4.78 is 0. The number of aryl methyl sites for hydroxylation is 5. The van der Waals surface area contributed by atoms with E-state index in [-0.39, 0.29) is 0 Å². The zero-order valence-corrected chi connectivity index (χ0v) is 26.2. The van der Waals surface area contributed by atoms with E-state index in [1.807, 2.05) is 40.7 Å². The van der Waals surface area contributed by atoms with Crippen LogP contribution in [0, 0.1) is 27.7 Å². The first-order valence-electron chi connectivity index (χ1n) is 13.8. The number of hydrogen-bond donors (Lipinski definition) is 1. The van der Waals surface area contributed by atoms with Crippen LogP contribution < -0.4 is 5.32 Å². The van der Waals surface area contributed by atoms with Crippen molar-refractivity contribution in [2.45, 2.75) is 75.2 Å². The Bertz CT molecular complexity index is 1270. The molecule has 0 amide bonds. The number of aliphatic imine (C=N–C) groups is 1. The highest BCUT2D eigenvalue weighted by atomic mass is 35.5. The van der Waals surface area contributed by atoms with E-state index in [1.165, 1.54) is 27.8 Å². The van der Waals surface area contributed by atoms with Crippen LogP contribution in [0.3, 0.4) is 0 Å². The first kappa shape index (κ1) is 33.7. The highest BCUT2D eigenvalue weighted by Gasteiger charge is 2.06. The number of hydrogen-bond acceptors (Lipinski definition) is 2. The van der Waals surface area contributed by atoms with Gasteiger partial charge in [-0.15, -0.1) is 0 Å². The average Bonchev–Trinajstić information content (AvgIpc) is 2.90. The first-order chi connectivity index (χ1) is 18.6. The molecule has 0 aliphatic carbocycles. The van der Waals surface area contributed by atoms with Crippen LogP contribution in [-0.2, 0) is 6.42 Å². The predicted octanol–water partition coefficient (Wildman–Crippen LogP) is 11.5. The Morgan fingerprint density at radius 2 is 1.62 bits per heavy atom. The fraction of sp³-hybridized carbons (Fsp3) is 0.306. The van der Waals surface area contributed by atoms with Gasteiger partial charge in [0.15, 0.2) is 0 Å². The molecule has 0 saturated carbocycles. The maximum atomic E-state index is 6.36. The minimum atomic E-state index is 0.699. The van der Waals surface area contributed by atoms with Crippen molar-refractivity contribution in [3.05, 3.63) is 124 Å². The summed E-state index contributed by atoms with van der Waals surface area (Å²) >= 11 is 6.36. The monoisotopic (exact) mass is 542 g/mol. The lowest BCUT2D eigenvalue weighted by atomic mass is 10.0. The number of rotatable bonds is 8. The molecule has 0 fully saturated rings. The molecule has 3 rings (SSSR count). The zero-order valence-electron chi connectivity index (χ0n) is 25.5. The normalized spacial score (nSPS) is 11.1. The van der Waals surface area contributed by atoms with Gasteiger partial charge in [-0.2, -0.15) is 0 Å². The summed E-state index contributed by atoms with van der Waals surface area (Å²) in [5.41, 5.74) is 11.7. The second kappa shape index (κ2) is 18.0. The van der Waals surface area contributed by atoms with Crippen molar-refractivity contribution < 1.29 is 0 Å². The van der Waals surface area contributed by atoms with Crippen molar-refractivity contribution in [3.8, 4) is 0 Å². The summed E-state index contributed by atoms with van der Waals surface area (Å²) in [5.74, 6) is 0.